The topological polar surface area (TPSA) is 252 Å². The van der Waals surface area contributed by atoms with Crippen LogP contribution >= 0.6 is 25.8 Å². The van der Waals surface area contributed by atoms with E-state index in [0.29, 0.717) is 11.2 Å². The minimum Gasteiger partial charge on any atom is -0.382 e. The van der Waals surface area contributed by atoms with E-state index in [1.54, 1.807) is 11.5 Å². The highest BCUT2D eigenvalue weighted by Gasteiger charge is 2.51. The first-order valence-electron chi connectivity index (χ1n) is 13.6. The number of hydrogen-bond acceptors (Lipinski definition) is 16. The molecule has 0 aromatic carbocycles. The summed E-state index contributed by atoms with van der Waals surface area (Å²) >= 11 is 9.63. The monoisotopic (exact) mass is 702 g/mol. The normalized spacial score (nSPS) is 37.7. The van der Waals surface area contributed by atoms with Gasteiger partial charge in [-0.1, -0.05) is 26.1 Å². The Bertz CT molecular complexity index is 1940. The Hall–Kier alpha value is -2.55. The number of nitrogens with zero attached hydrogens (tertiary/aromatic N) is 7. The second-order valence-corrected chi connectivity index (χ2v) is 16.5. The van der Waals surface area contributed by atoms with Gasteiger partial charge in [0.2, 0.25) is 5.95 Å². The number of ether oxygens (including phenoxy) is 2. The average molecular weight is 703 g/mol. The summed E-state index contributed by atoms with van der Waals surface area (Å²) in [6.45, 7) is -5.04. The number of imidazole rings is 2. The minimum atomic E-state index is -4.07. The molecular weight excluding hydrogens is 674 g/mol. The van der Waals surface area contributed by atoms with Gasteiger partial charge >= 0.3 is 13.5 Å². The van der Waals surface area contributed by atoms with E-state index < -0.39 is 67.8 Å². The molecule has 0 radical (unpaired) electrons. The molecule has 4 aromatic rings. The van der Waals surface area contributed by atoms with E-state index in [2.05, 4.69) is 42.2 Å². The Morgan fingerprint density at radius 3 is 2.24 bits per heavy atom. The van der Waals surface area contributed by atoms with Gasteiger partial charge < -0.3 is 34.9 Å². The molecule has 0 spiro atoms. The molecule has 4 aromatic heterocycles. The summed E-state index contributed by atoms with van der Waals surface area (Å²) in [5.41, 5.74) is 12.2. The third kappa shape index (κ3) is 5.59. The van der Waals surface area contributed by atoms with Crippen LogP contribution in [0.3, 0.4) is 0 Å². The van der Waals surface area contributed by atoms with Crippen LogP contribution in [-0.2, 0) is 43.9 Å². The molecule has 3 aliphatic heterocycles. The van der Waals surface area contributed by atoms with Crippen molar-refractivity contribution in [3.05, 3.63) is 29.3 Å². The first kappa shape index (κ1) is 31.1. The number of nitrogens with one attached hydrogen (secondary N) is 1. The molecule has 0 saturated carbocycles. The van der Waals surface area contributed by atoms with E-state index in [-0.39, 0.29) is 36.1 Å². The van der Waals surface area contributed by atoms with Gasteiger partial charge in [0.15, 0.2) is 22.6 Å². The predicted octanol–water partition coefficient (Wildman–Crippen LogP) is 1.26. The van der Waals surface area contributed by atoms with Gasteiger partial charge in [0, 0.05) is 11.8 Å². The zero-order chi connectivity index (χ0) is 31.8. The summed E-state index contributed by atoms with van der Waals surface area (Å²) in [7, 11) is 0. The fraction of sp³-hybridized carbons (Fsp3) is 0.545. The van der Waals surface area contributed by atoms with Gasteiger partial charge in [-0.05, 0) is 11.8 Å². The average Bonchev–Trinajstić information content (AvgIpc) is 3.72. The highest BCUT2D eigenvalue weighted by atomic mass is 32.7. The molecule has 0 amide bonds. The fourth-order valence-electron chi connectivity index (χ4n) is 5.89. The van der Waals surface area contributed by atoms with Gasteiger partial charge in [-0.15, -0.1) is 0 Å². The van der Waals surface area contributed by atoms with Crippen molar-refractivity contribution in [1.29, 1.82) is 0 Å². The molecule has 3 fully saturated rings. The molecule has 10 atom stereocenters. The van der Waals surface area contributed by atoms with Gasteiger partial charge in [0.05, 0.1) is 25.9 Å². The van der Waals surface area contributed by atoms with E-state index >= 15 is 0 Å². The Morgan fingerprint density at radius 1 is 0.956 bits per heavy atom. The van der Waals surface area contributed by atoms with E-state index in [9.17, 15) is 14.3 Å². The van der Waals surface area contributed by atoms with Gasteiger partial charge in [0.1, 0.15) is 48.7 Å². The Kier molecular flexibility index (Phi) is 7.81. The first-order valence-corrected chi connectivity index (χ1v) is 18.9. The SMILES string of the molecule is C[C@@H]1[C@@H]2OP(O)(=S)OC[C@H]3O[C@@H](n4cnc5c(=O)[nH]c(N)nc54)[C@H](C)[C@@H]3OP(=O)(S)OC[C@H]2O[C@H]1n1cnc2c(N)ncnc21. The highest BCUT2D eigenvalue weighted by Crippen LogP contribution is 2.59. The summed E-state index contributed by atoms with van der Waals surface area (Å²) in [6, 6.07) is 0. The van der Waals surface area contributed by atoms with E-state index in [1.165, 1.54) is 23.5 Å². The van der Waals surface area contributed by atoms with Crippen molar-refractivity contribution < 1.29 is 37.0 Å². The number of anilines is 2. The Balaban J connectivity index is 1.17. The molecule has 6 N–H and O–H groups in total. The van der Waals surface area contributed by atoms with Gasteiger partial charge in [-0.25, -0.2) is 24.5 Å². The Labute approximate surface area is 263 Å². The largest absolute Gasteiger partial charge is 0.386 e. The van der Waals surface area contributed by atoms with Crippen LogP contribution in [0.1, 0.15) is 26.3 Å². The smallest absolute Gasteiger partial charge is 0.382 e. The molecule has 7 heterocycles. The van der Waals surface area contributed by atoms with Crippen LogP contribution in [0, 0.1) is 11.8 Å². The van der Waals surface area contributed by atoms with Crippen molar-refractivity contribution in [1.82, 2.24) is 39.0 Å². The van der Waals surface area contributed by atoms with Crippen molar-refractivity contribution in [3.8, 4) is 0 Å². The number of hydrogen-bond donors (Lipinski definition) is 5. The predicted molar refractivity (Wildman–Crippen MR) is 163 cm³/mol. The number of rotatable bonds is 2. The number of aromatic nitrogens is 8. The van der Waals surface area contributed by atoms with Gasteiger partial charge in [-0.3, -0.25) is 28.0 Å². The second kappa shape index (κ2) is 11.3. The lowest BCUT2D eigenvalue weighted by Crippen LogP contribution is -2.35. The van der Waals surface area contributed by atoms with Crippen molar-refractivity contribution in [3.63, 3.8) is 0 Å². The lowest BCUT2D eigenvalue weighted by atomic mass is 10.0. The lowest BCUT2D eigenvalue weighted by molar-refractivity contribution is -0.0561. The summed E-state index contributed by atoms with van der Waals surface area (Å²) in [5, 5.41) is 0. The first-order chi connectivity index (χ1) is 21.3. The van der Waals surface area contributed by atoms with Crippen LogP contribution in [0.25, 0.3) is 22.3 Å². The number of nitrogen functional groups attached to an aromatic ring is 2. The van der Waals surface area contributed by atoms with Gasteiger partial charge in [-0.2, -0.15) is 4.98 Å². The van der Waals surface area contributed by atoms with Crippen LogP contribution in [-0.4, -0.2) is 81.6 Å². The molecule has 242 valence electrons. The molecule has 45 heavy (non-hydrogen) atoms. The van der Waals surface area contributed by atoms with Gasteiger partial charge in [0.25, 0.3) is 5.56 Å². The maximum Gasteiger partial charge on any atom is 0.386 e. The van der Waals surface area contributed by atoms with Crippen LogP contribution < -0.4 is 17.0 Å². The van der Waals surface area contributed by atoms with E-state index in [4.69, 9.17) is 50.8 Å². The summed E-state index contributed by atoms with van der Waals surface area (Å²) in [4.78, 5) is 46.8. The molecule has 2 unspecified atom stereocenters. The number of aromatic amines is 1. The van der Waals surface area contributed by atoms with Crippen molar-refractivity contribution >= 4 is 71.7 Å². The standard InChI is InChI=1S/C22H28N10O9P2S2/c1-8-14-10(38-20(8)31-6-27-12-16(23)25-5-26-17(12)31)3-36-43(35,45)41-15-9(2)21(39-11(15)4-37-42(34,44)40-14)32-7-28-13-18(32)29-22(24)30-19(13)33/h5-11,14-15,20-21H,3-4H2,1-2H3,(H,34,44)(H,35,45)(H2,23,25,26)(H3,24,29,30,33)/t8-,9-,10-,11-,14+,15+,20-,21-,42?,43?/m1/s1. The molecule has 3 saturated heterocycles. The molecule has 7 rings (SSSR count). The number of H-pyrrole nitrogens is 1. The maximum atomic E-state index is 13.6. The highest BCUT2D eigenvalue weighted by molar-refractivity contribution is 8.44. The molecule has 19 nitrogen and oxygen atoms in total. The van der Waals surface area contributed by atoms with E-state index in [0.717, 1.165) is 0 Å². The Morgan fingerprint density at radius 2 is 1.56 bits per heavy atom. The summed E-state index contributed by atoms with van der Waals surface area (Å²) in [5.74, 6) is -0.930. The minimum absolute atomic E-state index is 0.0455. The third-order valence-electron chi connectivity index (χ3n) is 8.00. The number of nitrogens with two attached hydrogens (primary N) is 2. The zero-order valence-electron chi connectivity index (χ0n) is 23.5. The van der Waals surface area contributed by atoms with Crippen LogP contribution in [0.5, 0.6) is 0 Å². The molecule has 0 bridgehead atoms. The van der Waals surface area contributed by atoms with Crippen molar-refractivity contribution in [2.45, 2.75) is 50.7 Å². The van der Waals surface area contributed by atoms with Crippen molar-refractivity contribution in [2.24, 2.45) is 11.8 Å². The lowest BCUT2D eigenvalue weighted by Gasteiger charge is -2.30. The van der Waals surface area contributed by atoms with Crippen LogP contribution in [0.15, 0.2) is 23.8 Å². The quantitative estimate of drug-likeness (QED) is 0.146. The number of fused-ring (bicyclic) bond motifs is 4. The second-order valence-electron chi connectivity index (χ2n) is 10.9. The molecule has 23 heteroatoms. The van der Waals surface area contributed by atoms with Crippen LogP contribution in [0.2, 0.25) is 0 Å². The molecular formula is C22H28N10O9P2S2. The molecule has 3 aliphatic rings. The maximum absolute atomic E-state index is 13.6. The summed E-state index contributed by atoms with van der Waals surface area (Å²) in [6.07, 6.45) is -1.02. The summed E-state index contributed by atoms with van der Waals surface area (Å²) < 4.78 is 52.7. The zero-order valence-corrected chi connectivity index (χ0v) is 27.0. The fourth-order valence-corrected chi connectivity index (χ4v) is 8.96. The van der Waals surface area contributed by atoms with Crippen molar-refractivity contribution in [2.75, 3.05) is 24.7 Å². The molecule has 0 aliphatic carbocycles. The third-order valence-corrected chi connectivity index (χ3v) is 11.2. The number of thiol groups is 1. The van der Waals surface area contributed by atoms with E-state index in [1.807, 2.05) is 6.92 Å². The van der Waals surface area contributed by atoms with Crippen LogP contribution in [0.4, 0.5) is 11.8 Å².